The Morgan fingerprint density at radius 3 is 2.35 bits per heavy atom. The summed E-state index contributed by atoms with van der Waals surface area (Å²) in [7, 11) is 3.54. The number of nitrogens with zero attached hydrogens (tertiary/aromatic N) is 4. The molecule has 5 aromatic rings. The van der Waals surface area contributed by atoms with Crippen LogP contribution < -0.4 is 9.62 Å². The van der Waals surface area contributed by atoms with Crippen LogP contribution in [0.1, 0.15) is 34.5 Å². The predicted octanol–water partition coefficient (Wildman–Crippen LogP) is 8.69. The maximum Gasteiger partial charge on any atom is 0.255 e. The highest BCUT2D eigenvalue weighted by Gasteiger charge is 2.25. The number of carbonyl (C=O) groups is 1. The molecule has 1 atom stereocenters. The first-order valence-corrected chi connectivity index (χ1v) is 14.9. The molecule has 43 heavy (non-hydrogen) atoms. The number of anilines is 1. The summed E-state index contributed by atoms with van der Waals surface area (Å²) in [6, 6.07) is 22.1. The second kappa shape index (κ2) is 11.5. The van der Waals surface area contributed by atoms with E-state index in [1.807, 2.05) is 53.8 Å². The lowest BCUT2D eigenvalue weighted by Crippen LogP contribution is -2.22. The van der Waals surface area contributed by atoms with Crippen LogP contribution in [0.4, 0.5) is 20.2 Å². The average Bonchev–Trinajstić information content (AvgIpc) is 3.41. The van der Waals surface area contributed by atoms with Crippen LogP contribution in [-0.2, 0) is 6.54 Å². The summed E-state index contributed by atoms with van der Waals surface area (Å²) < 4.78 is 35.5. The standard InChI is InChI=1S/C33H29F2N5O2S/c1-19(20-5-10-24(34)11-6-20)40-18-23-15-22(9-14-28(23)37-38-40)26-16-27-30(17-29(26)39(3)43-4)42-32(31(27)33(41)36-2)21-7-12-25(35)13-8-21/h5-17,19H,18H2,1-4H3,(H,36,41). The molecule has 7 nitrogen and oxygen atoms in total. The molecule has 0 radical (unpaired) electrons. The molecule has 1 aliphatic heterocycles. The van der Waals surface area contributed by atoms with E-state index in [4.69, 9.17) is 4.42 Å². The Balaban J connectivity index is 1.46. The van der Waals surface area contributed by atoms with Crippen molar-refractivity contribution < 1.29 is 18.0 Å². The van der Waals surface area contributed by atoms with Gasteiger partial charge in [0, 0.05) is 48.5 Å². The number of nitrogens with one attached hydrogen (secondary N) is 1. The molecule has 6 rings (SSSR count). The number of amides is 1. The Bertz CT molecular complexity index is 1850. The lowest BCUT2D eigenvalue weighted by Gasteiger charge is -2.29. The second-order valence-corrected chi connectivity index (χ2v) is 11.2. The lowest BCUT2D eigenvalue weighted by atomic mass is 9.96. The van der Waals surface area contributed by atoms with Crippen molar-refractivity contribution in [3.63, 3.8) is 0 Å². The van der Waals surface area contributed by atoms with Gasteiger partial charge in [-0.15, -0.1) is 5.11 Å². The Morgan fingerprint density at radius 2 is 1.67 bits per heavy atom. The molecule has 10 heteroatoms. The highest BCUT2D eigenvalue weighted by atomic mass is 32.2. The van der Waals surface area contributed by atoms with Crippen molar-refractivity contribution in [1.29, 1.82) is 0 Å². The summed E-state index contributed by atoms with van der Waals surface area (Å²) in [6.07, 6.45) is 1.98. The van der Waals surface area contributed by atoms with Crippen LogP contribution in [0.15, 0.2) is 93.6 Å². The number of carbonyl (C=O) groups excluding carboxylic acids is 1. The van der Waals surface area contributed by atoms with Crippen molar-refractivity contribution in [1.82, 2.24) is 10.3 Å². The minimum Gasteiger partial charge on any atom is -0.455 e. The van der Waals surface area contributed by atoms with Gasteiger partial charge >= 0.3 is 0 Å². The summed E-state index contributed by atoms with van der Waals surface area (Å²) in [6.45, 7) is 2.53. The fourth-order valence-corrected chi connectivity index (χ4v) is 5.64. The van der Waals surface area contributed by atoms with E-state index in [1.54, 1.807) is 43.3 Å². The van der Waals surface area contributed by atoms with Crippen LogP contribution in [0.2, 0.25) is 0 Å². The highest BCUT2D eigenvalue weighted by molar-refractivity contribution is 7.99. The van der Waals surface area contributed by atoms with Gasteiger partial charge in [-0.2, -0.15) is 0 Å². The monoisotopic (exact) mass is 597 g/mol. The normalized spacial score (nSPS) is 13.2. The van der Waals surface area contributed by atoms with Gasteiger partial charge in [0.15, 0.2) is 0 Å². The van der Waals surface area contributed by atoms with E-state index in [9.17, 15) is 13.6 Å². The predicted molar refractivity (Wildman–Crippen MR) is 167 cm³/mol. The molecule has 1 aromatic heterocycles. The van der Waals surface area contributed by atoms with Gasteiger partial charge in [0.2, 0.25) is 0 Å². The Morgan fingerprint density at radius 1 is 1.00 bits per heavy atom. The molecule has 0 bridgehead atoms. The van der Waals surface area contributed by atoms with Gasteiger partial charge in [-0.25, -0.2) is 8.78 Å². The lowest BCUT2D eigenvalue weighted by molar-refractivity contribution is 0.0964. The van der Waals surface area contributed by atoms with E-state index < -0.39 is 0 Å². The summed E-state index contributed by atoms with van der Waals surface area (Å²) in [4.78, 5) is 13.2. The zero-order chi connectivity index (χ0) is 30.2. The summed E-state index contributed by atoms with van der Waals surface area (Å²) in [5.41, 5.74) is 6.99. The largest absolute Gasteiger partial charge is 0.455 e. The molecule has 0 fully saturated rings. The van der Waals surface area contributed by atoms with Crippen molar-refractivity contribution in [2.45, 2.75) is 19.5 Å². The Hall–Kier alpha value is -4.70. The second-order valence-electron chi connectivity index (χ2n) is 10.3. The quantitative estimate of drug-likeness (QED) is 0.190. The summed E-state index contributed by atoms with van der Waals surface area (Å²) in [5, 5.41) is 14.1. The van der Waals surface area contributed by atoms with Crippen LogP contribution in [0.5, 0.6) is 0 Å². The SMILES string of the molecule is CNC(=O)c1c(-c2ccc(F)cc2)oc2cc(N(C)SC)c(-c3ccc4c(c3)CN(C(C)c3ccc(F)cc3)N=N4)cc12. The molecular formula is C33H29F2N5O2S. The van der Waals surface area contributed by atoms with Crippen LogP contribution in [0.25, 0.3) is 33.4 Å². The molecule has 0 aliphatic carbocycles. The van der Waals surface area contributed by atoms with Crippen LogP contribution in [0.3, 0.4) is 0 Å². The third-order valence-corrected chi connectivity index (χ3v) is 8.51. The highest BCUT2D eigenvalue weighted by Crippen LogP contribution is 2.43. The number of hydrogen-bond donors (Lipinski definition) is 1. The molecule has 1 N–H and O–H groups in total. The number of benzene rings is 4. The van der Waals surface area contributed by atoms with E-state index >= 15 is 0 Å². The number of halogens is 2. The van der Waals surface area contributed by atoms with E-state index in [1.165, 1.54) is 24.3 Å². The molecule has 0 spiro atoms. The van der Waals surface area contributed by atoms with Crippen LogP contribution in [-0.4, -0.2) is 31.3 Å². The average molecular weight is 598 g/mol. The van der Waals surface area contributed by atoms with Gasteiger partial charge < -0.3 is 14.0 Å². The first kappa shape index (κ1) is 28.4. The third kappa shape index (κ3) is 5.34. The minimum atomic E-state index is -0.370. The number of fused-ring (bicyclic) bond motifs is 2. The number of furan rings is 1. The molecule has 218 valence electrons. The van der Waals surface area contributed by atoms with Crippen molar-refractivity contribution in [3.05, 3.63) is 107 Å². The van der Waals surface area contributed by atoms with Crippen molar-refractivity contribution in [2.75, 3.05) is 24.7 Å². The van der Waals surface area contributed by atoms with Crippen molar-refractivity contribution in [3.8, 4) is 22.5 Å². The number of hydrogen-bond acceptors (Lipinski definition) is 7. The third-order valence-electron chi connectivity index (χ3n) is 7.77. The van der Waals surface area contributed by atoms with Gasteiger partial charge in [-0.1, -0.05) is 35.4 Å². The van der Waals surface area contributed by atoms with Gasteiger partial charge in [0.05, 0.1) is 29.5 Å². The maximum absolute atomic E-state index is 13.7. The molecule has 1 aliphatic rings. The zero-order valence-corrected chi connectivity index (χ0v) is 24.9. The molecule has 0 saturated heterocycles. The summed E-state index contributed by atoms with van der Waals surface area (Å²) >= 11 is 1.55. The topological polar surface area (TPSA) is 73.4 Å². The zero-order valence-electron chi connectivity index (χ0n) is 24.1. The van der Waals surface area contributed by atoms with E-state index in [2.05, 4.69) is 21.7 Å². The van der Waals surface area contributed by atoms with Crippen molar-refractivity contribution in [2.24, 2.45) is 10.3 Å². The smallest absolute Gasteiger partial charge is 0.255 e. The molecular weight excluding hydrogens is 568 g/mol. The molecule has 4 aromatic carbocycles. The summed E-state index contributed by atoms with van der Waals surface area (Å²) in [5.74, 6) is -0.576. The first-order chi connectivity index (χ1) is 20.8. The Kier molecular flexibility index (Phi) is 7.62. The molecule has 1 amide bonds. The van der Waals surface area contributed by atoms with Gasteiger partial charge in [0.1, 0.15) is 23.0 Å². The first-order valence-electron chi connectivity index (χ1n) is 13.7. The fraction of sp³-hybridized carbons (Fsp3) is 0.182. The molecule has 2 heterocycles. The van der Waals surface area contributed by atoms with Gasteiger partial charge in [0.25, 0.3) is 5.91 Å². The van der Waals surface area contributed by atoms with E-state index in [0.29, 0.717) is 34.4 Å². The maximum atomic E-state index is 13.7. The molecule has 1 unspecified atom stereocenters. The minimum absolute atomic E-state index is 0.110. The molecule has 0 saturated carbocycles. The van der Waals surface area contributed by atoms with Crippen LogP contribution in [0, 0.1) is 11.6 Å². The van der Waals surface area contributed by atoms with E-state index in [-0.39, 0.29) is 23.6 Å². The van der Waals surface area contributed by atoms with Gasteiger partial charge in [-0.05, 0) is 72.6 Å². The van der Waals surface area contributed by atoms with Crippen molar-refractivity contribution >= 4 is 40.2 Å². The van der Waals surface area contributed by atoms with Gasteiger partial charge in [-0.3, -0.25) is 9.80 Å². The van der Waals surface area contributed by atoms with Crippen LogP contribution >= 0.6 is 11.9 Å². The van der Waals surface area contributed by atoms with E-state index in [0.717, 1.165) is 33.6 Å². The fourth-order valence-electron chi connectivity index (χ4n) is 5.29. The number of rotatable bonds is 7. The Labute approximate surface area is 252 Å².